The quantitative estimate of drug-likeness (QED) is 0.183. The van der Waals surface area contributed by atoms with E-state index >= 15 is 0 Å². The van der Waals surface area contributed by atoms with E-state index in [1.807, 2.05) is 65.3 Å². The summed E-state index contributed by atoms with van der Waals surface area (Å²) in [4.78, 5) is 31.7. The maximum absolute atomic E-state index is 13.8. The van der Waals surface area contributed by atoms with Crippen molar-refractivity contribution in [2.24, 2.45) is 13.0 Å². The summed E-state index contributed by atoms with van der Waals surface area (Å²) in [5, 5.41) is 0.608. The van der Waals surface area contributed by atoms with E-state index in [0.717, 1.165) is 64.7 Å². The molecule has 0 N–H and O–H groups in total. The minimum Gasteiger partial charge on any atom is -0.466 e. The lowest BCUT2D eigenvalue weighted by Crippen LogP contribution is -2.36. The number of amides is 1. The summed E-state index contributed by atoms with van der Waals surface area (Å²) in [6.45, 7) is 0.359. The van der Waals surface area contributed by atoms with Gasteiger partial charge < -0.3 is 14.2 Å². The van der Waals surface area contributed by atoms with Gasteiger partial charge in [-0.2, -0.15) is 0 Å². The number of esters is 1. The maximum atomic E-state index is 13.8. The fourth-order valence-electron chi connectivity index (χ4n) is 5.24. The highest BCUT2D eigenvalue weighted by Gasteiger charge is 2.27. The van der Waals surface area contributed by atoms with Crippen LogP contribution >= 0.6 is 11.6 Å². The molecular formula is C32H32ClN3O3. The summed E-state index contributed by atoms with van der Waals surface area (Å²) in [6.07, 6.45) is 10.0. The van der Waals surface area contributed by atoms with Gasteiger partial charge in [-0.05, 0) is 71.5 Å². The number of anilines is 1. The van der Waals surface area contributed by atoms with Gasteiger partial charge in [0.15, 0.2) is 0 Å². The maximum Gasteiger partial charge on any atom is 0.330 e. The van der Waals surface area contributed by atoms with Crippen molar-refractivity contribution >= 4 is 46.3 Å². The number of nitrogens with zero attached hydrogens (tertiary/aromatic N) is 3. The molecule has 0 saturated heterocycles. The number of methoxy groups -OCH3 is 1. The van der Waals surface area contributed by atoms with Crippen molar-refractivity contribution in [2.75, 3.05) is 12.0 Å². The lowest BCUT2D eigenvalue weighted by Gasteiger charge is -2.30. The molecule has 4 aromatic rings. The van der Waals surface area contributed by atoms with Crippen LogP contribution in [-0.2, 0) is 27.9 Å². The standard InChI is InChI=1S/C32H32ClN3O3/c1-35-21-34-29-19-25(14-15-30(29)35)24-12-13-26(28(33)18-24)20-36(32(38)23-8-4-3-5-9-23)27-10-6-7-22(17-27)11-16-31(37)39-2/h6-7,10-19,21,23H,3-5,8-9,20H2,1-2H3/b16-11+. The van der Waals surface area contributed by atoms with Crippen LogP contribution in [0.1, 0.15) is 43.2 Å². The number of carbonyl (C=O) groups is 2. The predicted molar refractivity (Wildman–Crippen MR) is 156 cm³/mol. The Kier molecular flexibility index (Phi) is 8.13. The lowest BCUT2D eigenvalue weighted by atomic mass is 9.88. The Morgan fingerprint density at radius 3 is 2.59 bits per heavy atom. The smallest absolute Gasteiger partial charge is 0.330 e. The van der Waals surface area contributed by atoms with Gasteiger partial charge >= 0.3 is 5.97 Å². The Labute approximate surface area is 233 Å². The second-order valence-electron chi connectivity index (χ2n) is 10.1. The molecule has 1 aromatic heterocycles. The van der Waals surface area contributed by atoms with Crippen molar-refractivity contribution in [2.45, 2.75) is 38.6 Å². The normalized spacial score (nSPS) is 14.1. The zero-order valence-corrected chi connectivity index (χ0v) is 23.0. The second kappa shape index (κ2) is 11.9. The third kappa shape index (κ3) is 6.07. The third-order valence-corrected chi connectivity index (χ3v) is 7.81. The highest BCUT2D eigenvalue weighted by Crippen LogP contribution is 2.32. The van der Waals surface area contributed by atoms with Gasteiger partial charge in [-0.25, -0.2) is 9.78 Å². The molecule has 0 spiro atoms. The van der Waals surface area contributed by atoms with Crippen LogP contribution in [0, 0.1) is 5.92 Å². The lowest BCUT2D eigenvalue weighted by molar-refractivity contribution is -0.134. The van der Waals surface area contributed by atoms with E-state index in [4.69, 9.17) is 16.3 Å². The fraction of sp³-hybridized carbons (Fsp3) is 0.281. The number of carbonyl (C=O) groups excluding carboxylic acids is 2. The highest BCUT2D eigenvalue weighted by molar-refractivity contribution is 6.31. The molecule has 0 atom stereocenters. The first kappa shape index (κ1) is 26.7. The van der Waals surface area contributed by atoms with E-state index in [0.29, 0.717) is 11.6 Å². The molecule has 1 aliphatic carbocycles. The molecule has 200 valence electrons. The Hall–Kier alpha value is -3.90. The number of aromatic nitrogens is 2. The molecule has 0 bridgehead atoms. The molecule has 1 amide bonds. The van der Waals surface area contributed by atoms with Crippen LogP contribution in [0.3, 0.4) is 0 Å². The van der Waals surface area contributed by atoms with Crippen LogP contribution in [0.25, 0.3) is 28.2 Å². The largest absolute Gasteiger partial charge is 0.466 e. The van der Waals surface area contributed by atoms with Crippen molar-refractivity contribution in [3.05, 3.63) is 89.2 Å². The third-order valence-electron chi connectivity index (χ3n) is 7.46. The molecular weight excluding hydrogens is 510 g/mol. The Morgan fingerprint density at radius 1 is 1.05 bits per heavy atom. The number of ether oxygens (including phenoxy) is 1. The number of halogens is 1. The van der Waals surface area contributed by atoms with Gasteiger partial charge in [0.2, 0.25) is 5.91 Å². The predicted octanol–water partition coefficient (Wildman–Crippen LogP) is 7.19. The summed E-state index contributed by atoms with van der Waals surface area (Å²) >= 11 is 6.84. The molecule has 39 heavy (non-hydrogen) atoms. The molecule has 6 nitrogen and oxygen atoms in total. The van der Waals surface area contributed by atoms with Gasteiger partial charge in [0.1, 0.15) is 0 Å². The van der Waals surface area contributed by atoms with E-state index in [1.165, 1.54) is 19.6 Å². The Bertz CT molecular complexity index is 1530. The van der Waals surface area contributed by atoms with Gasteiger partial charge in [-0.3, -0.25) is 4.79 Å². The minimum atomic E-state index is -0.426. The summed E-state index contributed by atoms with van der Waals surface area (Å²) in [6, 6.07) is 19.8. The van der Waals surface area contributed by atoms with Crippen LogP contribution in [0.5, 0.6) is 0 Å². The first-order valence-electron chi connectivity index (χ1n) is 13.3. The Morgan fingerprint density at radius 2 is 1.82 bits per heavy atom. The Balaban J connectivity index is 1.45. The van der Waals surface area contributed by atoms with Crippen LogP contribution < -0.4 is 4.90 Å². The molecule has 1 saturated carbocycles. The van der Waals surface area contributed by atoms with Gasteiger partial charge in [-0.1, -0.05) is 61.2 Å². The zero-order chi connectivity index (χ0) is 27.4. The SMILES string of the molecule is COC(=O)/C=C/c1cccc(N(Cc2ccc(-c3ccc4c(c3)ncn4C)cc2Cl)C(=O)C2CCCCC2)c1. The summed E-state index contributed by atoms with van der Waals surface area (Å²) in [5.74, 6) is -0.315. The van der Waals surface area contributed by atoms with Crippen LogP contribution in [0.2, 0.25) is 5.02 Å². The van der Waals surface area contributed by atoms with Crippen LogP contribution in [-0.4, -0.2) is 28.5 Å². The average Bonchev–Trinajstić information content (AvgIpc) is 3.35. The van der Waals surface area contributed by atoms with Crippen molar-refractivity contribution < 1.29 is 14.3 Å². The molecule has 0 aliphatic heterocycles. The summed E-state index contributed by atoms with van der Waals surface area (Å²) in [5.41, 5.74) is 6.50. The molecule has 7 heteroatoms. The highest BCUT2D eigenvalue weighted by atomic mass is 35.5. The molecule has 3 aromatic carbocycles. The van der Waals surface area contributed by atoms with Crippen molar-refractivity contribution in [1.82, 2.24) is 9.55 Å². The molecule has 1 heterocycles. The molecule has 5 rings (SSSR count). The number of aryl methyl sites for hydroxylation is 1. The fourth-order valence-corrected chi connectivity index (χ4v) is 5.48. The van der Waals surface area contributed by atoms with Crippen molar-refractivity contribution in [1.29, 1.82) is 0 Å². The van der Waals surface area contributed by atoms with Gasteiger partial charge in [0.25, 0.3) is 0 Å². The number of hydrogen-bond acceptors (Lipinski definition) is 4. The number of rotatable bonds is 7. The van der Waals surface area contributed by atoms with Gasteiger partial charge in [-0.15, -0.1) is 0 Å². The summed E-state index contributed by atoms with van der Waals surface area (Å²) in [7, 11) is 3.33. The van der Waals surface area contributed by atoms with E-state index in [-0.39, 0.29) is 11.8 Å². The van der Waals surface area contributed by atoms with Gasteiger partial charge in [0.05, 0.1) is 31.0 Å². The van der Waals surface area contributed by atoms with E-state index in [2.05, 4.69) is 23.2 Å². The first-order valence-corrected chi connectivity index (χ1v) is 13.7. The van der Waals surface area contributed by atoms with Crippen LogP contribution in [0.4, 0.5) is 5.69 Å². The molecule has 0 radical (unpaired) electrons. The van der Waals surface area contributed by atoms with Gasteiger partial charge in [0, 0.05) is 29.8 Å². The number of benzene rings is 3. The minimum absolute atomic E-state index is 0.00355. The summed E-state index contributed by atoms with van der Waals surface area (Å²) < 4.78 is 6.71. The number of hydrogen-bond donors (Lipinski definition) is 0. The second-order valence-corrected chi connectivity index (χ2v) is 10.5. The number of imidazole rings is 1. The number of fused-ring (bicyclic) bond motifs is 1. The average molecular weight is 542 g/mol. The van der Waals surface area contributed by atoms with E-state index in [1.54, 1.807) is 6.08 Å². The van der Waals surface area contributed by atoms with Crippen molar-refractivity contribution in [3.8, 4) is 11.1 Å². The molecule has 1 aliphatic rings. The van der Waals surface area contributed by atoms with Crippen molar-refractivity contribution in [3.63, 3.8) is 0 Å². The topological polar surface area (TPSA) is 64.4 Å². The molecule has 1 fully saturated rings. The van der Waals surface area contributed by atoms with E-state index < -0.39 is 5.97 Å². The molecule has 0 unspecified atom stereocenters. The zero-order valence-electron chi connectivity index (χ0n) is 22.3. The van der Waals surface area contributed by atoms with Crippen LogP contribution in [0.15, 0.2) is 73.1 Å². The monoisotopic (exact) mass is 541 g/mol. The first-order chi connectivity index (χ1) is 18.9. The van der Waals surface area contributed by atoms with E-state index in [9.17, 15) is 9.59 Å².